The molecule has 0 aliphatic carbocycles. The van der Waals surface area contributed by atoms with Crippen molar-refractivity contribution < 1.29 is 4.74 Å². The zero-order valence-electron chi connectivity index (χ0n) is 11.5. The van der Waals surface area contributed by atoms with Gasteiger partial charge in [0.1, 0.15) is 5.75 Å². The third-order valence-corrected chi connectivity index (χ3v) is 4.35. The summed E-state index contributed by atoms with van der Waals surface area (Å²) in [5.74, 6) is 1.01. The summed E-state index contributed by atoms with van der Waals surface area (Å²) in [5.41, 5.74) is 11.3. The minimum Gasteiger partial charge on any atom is -0.493 e. The summed E-state index contributed by atoms with van der Waals surface area (Å²) >= 11 is 3.49. The highest BCUT2D eigenvalue weighted by Crippen LogP contribution is 2.30. The molecule has 1 unspecified atom stereocenters. The lowest BCUT2D eigenvalue weighted by Gasteiger charge is -2.21. The Morgan fingerprint density at radius 2 is 2.05 bits per heavy atom. The Hall–Kier alpha value is -1.32. The van der Waals surface area contributed by atoms with Crippen molar-refractivity contribution in [2.24, 2.45) is 5.73 Å². The summed E-state index contributed by atoms with van der Waals surface area (Å²) in [4.78, 5) is 0. The van der Waals surface area contributed by atoms with Crippen LogP contribution in [0.2, 0.25) is 0 Å². The lowest BCUT2D eigenvalue weighted by molar-refractivity contribution is 0.288. The van der Waals surface area contributed by atoms with Crippen LogP contribution in [0.5, 0.6) is 5.75 Å². The molecule has 0 aromatic heterocycles. The van der Waals surface area contributed by atoms with Gasteiger partial charge in [-0.05, 0) is 60.2 Å². The molecule has 3 rings (SSSR count). The van der Waals surface area contributed by atoms with Crippen molar-refractivity contribution in [3.05, 3.63) is 63.1 Å². The summed E-state index contributed by atoms with van der Waals surface area (Å²) in [6, 6.07) is 12.5. The van der Waals surface area contributed by atoms with Gasteiger partial charge in [-0.3, -0.25) is 0 Å². The van der Waals surface area contributed by atoms with Crippen LogP contribution < -0.4 is 10.5 Å². The molecule has 2 aromatic rings. The first kappa shape index (κ1) is 13.7. The van der Waals surface area contributed by atoms with Gasteiger partial charge in [0, 0.05) is 4.47 Å². The van der Waals surface area contributed by atoms with E-state index in [2.05, 4.69) is 53.2 Å². The molecule has 0 saturated heterocycles. The molecule has 0 spiro atoms. The van der Waals surface area contributed by atoms with E-state index in [0.29, 0.717) is 0 Å². The molecule has 1 aliphatic heterocycles. The van der Waals surface area contributed by atoms with E-state index in [4.69, 9.17) is 10.5 Å². The lowest BCUT2D eigenvalue weighted by atomic mass is 9.93. The van der Waals surface area contributed by atoms with Crippen LogP contribution >= 0.6 is 15.9 Å². The molecule has 2 aromatic carbocycles. The maximum absolute atomic E-state index is 6.44. The molecule has 1 atom stereocenters. The predicted octanol–water partition coefficient (Wildman–Crippen LogP) is 4.13. The highest BCUT2D eigenvalue weighted by Gasteiger charge is 2.16. The van der Waals surface area contributed by atoms with E-state index in [1.165, 1.54) is 16.7 Å². The minimum absolute atomic E-state index is 0.0877. The summed E-state index contributed by atoms with van der Waals surface area (Å²) in [7, 11) is 0. The number of hydrogen-bond acceptors (Lipinski definition) is 2. The van der Waals surface area contributed by atoms with E-state index in [-0.39, 0.29) is 6.04 Å². The molecular weight excluding hydrogens is 314 g/mol. The van der Waals surface area contributed by atoms with E-state index in [1.54, 1.807) is 0 Å². The van der Waals surface area contributed by atoms with Crippen molar-refractivity contribution in [1.82, 2.24) is 0 Å². The van der Waals surface area contributed by atoms with Gasteiger partial charge in [-0.15, -0.1) is 0 Å². The zero-order chi connectivity index (χ0) is 14.1. The first-order valence-corrected chi connectivity index (χ1v) is 7.72. The summed E-state index contributed by atoms with van der Waals surface area (Å²) in [5, 5.41) is 0. The van der Waals surface area contributed by atoms with Crippen molar-refractivity contribution in [1.29, 1.82) is 0 Å². The van der Waals surface area contributed by atoms with Crippen molar-refractivity contribution in [2.45, 2.75) is 25.8 Å². The molecule has 0 saturated carbocycles. The van der Waals surface area contributed by atoms with Crippen LogP contribution in [0.25, 0.3) is 0 Å². The molecule has 0 fully saturated rings. The molecule has 104 valence electrons. The number of hydrogen-bond donors (Lipinski definition) is 1. The Bertz CT molecular complexity index is 639. The van der Waals surface area contributed by atoms with Crippen molar-refractivity contribution >= 4 is 15.9 Å². The van der Waals surface area contributed by atoms with Gasteiger partial charge < -0.3 is 10.5 Å². The highest BCUT2D eigenvalue weighted by atomic mass is 79.9. The van der Waals surface area contributed by atoms with E-state index >= 15 is 0 Å². The van der Waals surface area contributed by atoms with Gasteiger partial charge in [0.25, 0.3) is 0 Å². The molecule has 3 heteroatoms. The first-order valence-electron chi connectivity index (χ1n) is 6.92. The number of aryl methyl sites for hydroxylation is 2. The van der Waals surface area contributed by atoms with E-state index < -0.39 is 0 Å². The van der Waals surface area contributed by atoms with Gasteiger partial charge in [0.2, 0.25) is 0 Å². The Labute approximate surface area is 128 Å². The maximum atomic E-state index is 6.44. The quantitative estimate of drug-likeness (QED) is 0.897. The van der Waals surface area contributed by atoms with Crippen LogP contribution in [0.1, 0.15) is 34.7 Å². The Balaban J connectivity index is 1.95. The van der Waals surface area contributed by atoms with Gasteiger partial charge in [-0.25, -0.2) is 0 Å². The standard InChI is InChI=1S/C17H18BrNO/c1-11-9-14(18)5-6-15(11)17(19)13-4-7-16-12(10-13)3-2-8-20-16/h4-7,9-10,17H,2-3,8,19H2,1H3. The first-order chi connectivity index (χ1) is 9.65. The van der Waals surface area contributed by atoms with Crippen molar-refractivity contribution in [3.8, 4) is 5.75 Å². The molecule has 2 N–H and O–H groups in total. The van der Waals surface area contributed by atoms with Crippen LogP contribution in [0.3, 0.4) is 0 Å². The van der Waals surface area contributed by atoms with Crippen LogP contribution in [0.15, 0.2) is 40.9 Å². The van der Waals surface area contributed by atoms with E-state index in [1.807, 2.05) is 6.07 Å². The molecule has 20 heavy (non-hydrogen) atoms. The second-order valence-corrected chi connectivity index (χ2v) is 6.21. The fraction of sp³-hybridized carbons (Fsp3) is 0.294. The number of rotatable bonds is 2. The molecule has 2 nitrogen and oxygen atoms in total. The average molecular weight is 332 g/mol. The predicted molar refractivity (Wildman–Crippen MR) is 85.2 cm³/mol. The van der Waals surface area contributed by atoms with Crippen molar-refractivity contribution in [3.63, 3.8) is 0 Å². The zero-order valence-corrected chi connectivity index (χ0v) is 13.1. The smallest absolute Gasteiger partial charge is 0.122 e. The van der Waals surface area contributed by atoms with Crippen LogP contribution in [-0.2, 0) is 6.42 Å². The number of nitrogens with two attached hydrogens (primary N) is 1. The largest absolute Gasteiger partial charge is 0.493 e. The molecular formula is C17H18BrNO. The van der Waals surface area contributed by atoms with Gasteiger partial charge in [0.05, 0.1) is 12.6 Å². The Morgan fingerprint density at radius 1 is 1.20 bits per heavy atom. The summed E-state index contributed by atoms with van der Waals surface area (Å²) in [6.07, 6.45) is 2.16. The summed E-state index contributed by atoms with van der Waals surface area (Å²) < 4.78 is 6.74. The minimum atomic E-state index is -0.0877. The maximum Gasteiger partial charge on any atom is 0.122 e. The molecule has 0 radical (unpaired) electrons. The van der Waals surface area contributed by atoms with Crippen LogP contribution in [0.4, 0.5) is 0 Å². The van der Waals surface area contributed by atoms with Gasteiger partial charge >= 0.3 is 0 Å². The Kier molecular flexibility index (Phi) is 3.81. The molecule has 0 bridgehead atoms. The molecule has 1 aliphatic rings. The van der Waals surface area contributed by atoms with E-state index in [9.17, 15) is 0 Å². The number of ether oxygens (including phenoxy) is 1. The van der Waals surface area contributed by atoms with Crippen LogP contribution in [-0.4, -0.2) is 6.61 Å². The fourth-order valence-corrected chi connectivity index (χ4v) is 3.22. The Morgan fingerprint density at radius 3 is 2.85 bits per heavy atom. The topological polar surface area (TPSA) is 35.2 Å². The van der Waals surface area contributed by atoms with Gasteiger partial charge in [-0.1, -0.05) is 34.1 Å². The average Bonchev–Trinajstić information content (AvgIpc) is 2.46. The third kappa shape index (κ3) is 2.60. The summed E-state index contributed by atoms with van der Waals surface area (Å²) in [6.45, 7) is 2.92. The van der Waals surface area contributed by atoms with E-state index in [0.717, 1.165) is 35.2 Å². The monoisotopic (exact) mass is 331 g/mol. The SMILES string of the molecule is Cc1cc(Br)ccc1C(N)c1ccc2c(c1)CCCO2. The lowest BCUT2D eigenvalue weighted by Crippen LogP contribution is -2.15. The third-order valence-electron chi connectivity index (χ3n) is 3.86. The fourth-order valence-electron chi connectivity index (χ4n) is 2.74. The second-order valence-electron chi connectivity index (χ2n) is 5.30. The highest BCUT2D eigenvalue weighted by molar-refractivity contribution is 9.10. The number of benzene rings is 2. The van der Waals surface area contributed by atoms with Crippen LogP contribution in [0, 0.1) is 6.92 Å². The second kappa shape index (κ2) is 5.58. The van der Waals surface area contributed by atoms with Gasteiger partial charge in [-0.2, -0.15) is 0 Å². The number of fused-ring (bicyclic) bond motifs is 1. The normalized spacial score (nSPS) is 15.3. The number of halogens is 1. The molecule has 1 heterocycles. The van der Waals surface area contributed by atoms with Crippen molar-refractivity contribution in [2.75, 3.05) is 6.61 Å². The van der Waals surface area contributed by atoms with Gasteiger partial charge in [0.15, 0.2) is 0 Å². The molecule has 0 amide bonds.